The van der Waals surface area contributed by atoms with E-state index in [0.717, 1.165) is 11.8 Å². The molecule has 0 atom stereocenters. The van der Waals surface area contributed by atoms with E-state index < -0.39 is 22.6 Å². The number of ketones is 1. The lowest BCUT2D eigenvalue weighted by atomic mass is 10.1. The van der Waals surface area contributed by atoms with Gasteiger partial charge in [-0.3, -0.25) is 9.10 Å². The maximum Gasteiger partial charge on any atom is 0.374 e. The number of carbonyl (C=O) groups is 2. The normalized spacial score (nSPS) is 13.6. The van der Waals surface area contributed by atoms with Gasteiger partial charge in [0.1, 0.15) is 0 Å². The van der Waals surface area contributed by atoms with E-state index in [4.69, 9.17) is 9.15 Å². The molecule has 24 heavy (non-hydrogen) atoms. The molecule has 2 aromatic rings. The van der Waals surface area contributed by atoms with Crippen molar-refractivity contribution in [2.75, 3.05) is 23.7 Å². The van der Waals surface area contributed by atoms with E-state index in [1.807, 2.05) is 0 Å². The molecule has 3 rings (SSSR count). The molecule has 2 heterocycles. The van der Waals surface area contributed by atoms with E-state index in [0.29, 0.717) is 24.2 Å². The molecule has 0 aliphatic carbocycles. The predicted molar refractivity (Wildman–Crippen MR) is 85.7 cm³/mol. The molecule has 1 aromatic heterocycles. The summed E-state index contributed by atoms with van der Waals surface area (Å²) < 4.78 is 34.5. The Morgan fingerprint density at radius 3 is 2.75 bits per heavy atom. The Kier molecular flexibility index (Phi) is 4.15. The van der Waals surface area contributed by atoms with Gasteiger partial charge < -0.3 is 9.15 Å². The SMILES string of the molecule is CS(=O)(=O)N1CCc2cc(C(=O)COC(=O)c3ccco3)ccc21. The van der Waals surface area contributed by atoms with Gasteiger partial charge in [-0.15, -0.1) is 0 Å². The van der Waals surface area contributed by atoms with Gasteiger partial charge in [-0.25, -0.2) is 13.2 Å². The van der Waals surface area contributed by atoms with E-state index in [9.17, 15) is 18.0 Å². The second-order valence-electron chi connectivity index (χ2n) is 5.41. The molecule has 0 amide bonds. The number of nitrogens with zero attached hydrogens (tertiary/aromatic N) is 1. The summed E-state index contributed by atoms with van der Waals surface area (Å²) in [7, 11) is -3.33. The fraction of sp³-hybridized carbons (Fsp3) is 0.250. The molecule has 1 aliphatic rings. The van der Waals surface area contributed by atoms with Gasteiger partial charge in [0.25, 0.3) is 0 Å². The second-order valence-corrected chi connectivity index (χ2v) is 7.31. The van der Waals surface area contributed by atoms with Gasteiger partial charge in [0.05, 0.1) is 18.2 Å². The van der Waals surface area contributed by atoms with Crippen LogP contribution in [0.4, 0.5) is 5.69 Å². The van der Waals surface area contributed by atoms with Crippen molar-refractivity contribution in [2.45, 2.75) is 6.42 Å². The Morgan fingerprint density at radius 2 is 2.08 bits per heavy atom. The summed E-state index contributed by atoms with van der Waals surface area (Å²) in [6.45, 7) is -0.0482. The topological polar surface area (TPSA) is 93.9 Å². The van der Waals surface area contributed by atoms with Crippen LogP contribution in [-0.2, 0) is 21.2 Å². The van der Waals surface area contributed by atoms with Gasteiger partial charge in [0.15, 0.2) is 12.4 Å². The van der Waals surface area contributed by atoms with Crippen LogP contribution in [0.25, 0.3) is 0 Å². The molecule has 0 fully saturated rings. The molecular formula is C16H15NO6S. The summed E-state index contributed by atoms with van der Waals surface area (Å²) in [5.74, 6) is -1.05. The van der Waals surface area contributed by atoms with E-state index in [1.54, 1.807) is 18.2 Å². The molecule has 126 valence electrons. The van der Waals surface area contributed by atoms with Crippen LogP contribution in [0.5, 0.6) is 0 Å². The quantitative estimate of drug-likeness (QED) is 0.602. The number of furan rings is 1. The number of anilines is 1. The monoisotopic (exact) mass is 349 g/mol. The van der Waals surface area contributed by atoms with Gasteiger partial charge in [0, 0.05) is 12.1 Å². The highest BCUT2D eigenvalue weighted by molar-refractivity contribution is 7.92. The van der Waals surface area contributed by atoms with E-state index in [1.165, 1.54) is 22.7 Å². The number of rotatable bonds is 5. The first kappa shape index (κ1) is 16.3. The van der Waals surface area contributed by atoms with Crippen LogP contribution in [-0.4, -0.2) is 39.6 Å². The van der Waals surface area contributed by atoms with Crippen LogP contribution >= 0.6 is 0 Å². The lowest BCUT2D eigenvalue weighted by Gasteiger charge is -2.16. The second kappa shape index (κ2) is 6.12. The molecule has 0 bridgehead atoms. The molecule has 0 N–H and O–H groups in total. The van der Waals surface area contributed by atoms with Gasteiger partial charge in [0.2, 0.25) is 15.8 Å². The summed E-state index contributed by atoms with van der Waals surface area (Å²) in [6.07, 6.45) is 3.03. The van der Waals surface area contributed by atoms with Crippen molar-refractivity contribution in [3.8, 4) is 0 Å². The standard InChI is InChI=1S/C16H15NO6S/c1-24(20,21)17-7-6-11-9-12(4-5-13(11)17)14(18)10-23-16(19)15-3-2-8-22-15/h2-5,8-9H,6-7,10H2,1H3. The molecule has 7 nitrogen and oxygen atoms in total. The third kappa shape index (κ3) is 3.18. The molecule has 0 radical (unpaired) electrons. The molecule has 0 spiro atoms. The maximum absolute atomic E-state index is 12.2. The lowest BCUT2D eigenvalue weighted by Crippen LogP contribution is -2.27. The molecular weight excluding hydrogens is 334 g/mol. The molecule has 1 aromatic carbocycles. The van der Waals surface area contributed by atoms with E-state index in [-0.39, 0.29) is 11.5 Å². The number of Topliss-reactive ketones (excluding diaryl/α,β-unsaturated/α-hetero) is 1. The Balaban J connectivity index is 1.70. The van der Waals surface area contributed by atoms with Crippen molar-refractivity contribution in [1.82, 2.24) is 0 Å². The van der Waals surface area contributed by atoms with Crippen LogP contribution in [0, 0.1) is 0 Å². The largest absolute Gasteiger partial charge is 0.457 e. The highest BCUT2D eigenvalue weighted by Crippen LogP contribution is 2.30. The van der Waals surface area contributed by atoms with Gasteiger partial charge in [-0.2, -0.15) is 0 Å². The Bertz CT molecular complexity index is 885. The van der Waals surface area contributed by atoms with Crippen molar-refractivity contribution in [3.05, 3.63) is 53.5 Å². The van der Waals surface area contributed by atoms with E-state index >= 15 is 0 Å². The third-order valence-electron chi connectivity index (χ3n) is 3.71. The van der Waals surface area contributed by atoms with Gasteiger partial charge >= 0.3 is 5.97 Å². The average molecular weight is 349 g/mol. The molecule has 0 saturated heterocycles. The fourth-order valence-electron chi connectivity index (χ4n) is 2.57. The van der Waals surface area contributed by atoms with Crippen LogP contribution in [0.2, 0.25) is 0 Å². The van der Waals surface area contributed by atoms with Crippen molar-refractivity contribution in [1.29, 1.82) is 0 Å². The van der Waals surface area contributed by atoms with Gasteiger partial charge in [-0.05, 0) is 42.3 Å². The van der Waals surface area contributed by atoms with Crippen LogP contribution < -0.4 is 4.31 Å². The minimum absolute atomic E-state index is 0.0283. The summed E-state index contributed by atoms with van der Waals surface area (Å²) in [4.78, 5) is 23.8. The fourth-order valence-corrected chi connectivity index (χ4v) is 3.53. The number of hydrogen-bond donors (Lipinski definition) is 0. The zero-order chi connectivity index (χ0) is 17.3. The average Bonchev–Trinajstić information content (AvgIpc) is 3.19. The smallest absolute Gasteiger partial charge is 0.374 e. The number of benzene rings is 1. The zero-order valence-electron chi connectivity index (χ0n) is 12.9. The minimum Gasteiger partial charge on any atom is -0.457 e. The third-order valence-corrected chi connectivity index (χ3v) is 4.89. The van der Waals surface area contributed by atoms with Crippen molar-refractivity contribution >= 4 is 27.5 Å². The molecule has 1 aliphatic heterocycles. The van der Waals surface area contributed by atoms with Crippen LogP contribution in [0.3, 0.4) is 0 Å². The first-order valence-corrected chi connectivity index (χ1v) is 9.05. The van der Waals surface area contributed by atoms with Crippen LogP contribution in [0.15, 0.2) is 41.0 Å². The Hall–Kier alpha value is -2.61. The predicted octanol–water partition coefficient (Wildman–Crippen LogP) is 1.64. The summed E-state index contributed by atoms with van der Waals surface area (Å²) in [5, 5.41) is 0. The summed E-state index contributed by atoms with van der Waals surface area (Å²) in [6, 6.07) is 7.77. The number of hydrogen-bond acceptors (Lipinski definition) is 6. The Labute approximate surface area is 138 Å². The van der Waals surface area contributed by atoms with Crippen LogP contribution in [0.1, 0.15) is 26.5 Å². The number of esters is 1. The van der Waals surface area contributed by atoms with Crippen molar-refractivity contribution in [3.63, 3.8) is 0 Å². The molecule has 8 heteroatoms. The number of carbonyl (C=O) groups excluding carboxylic acids is 2. The van der Waals surface area contributed by atoms with Crippen molar-refractivity contribution < 1.29 is 27.2 Å². The minimum atomic E-state index is -3.33. The summed E-state index contributed by atoms with van der Waals surface area (Å²) in [5.41, 5.74) is 1.74. The number of fused-ring (bicyclic) bond motifs is 1. The van der Waals surface area contributed by atoms with Crippen molar-refractivity contribution in [2.24, 2.45) is 0 Å². The first-order chi connectivity index (χ1) is 11.4. The van der Waals surface area contributed by atoms with E-state index in [2.05, 4.69) is 0 Å². The Morgan fingerprint density at radius 1 is 1.29 bits per heavy atom. The molecule has 0 saturated carbocycles. The first-order valence-electron chi connectivity index (χ1n) is 7.21. The molecule has 0 unspecified atom stereocenters. The maximum atomic E-state index is 12.2. The highest BCUT2D eigenvalue weighted by Gasteiger charge is 2.26. The zero-order valence-corrected chi connectivity index (χ0v) is 13.7. The lowest BCUT2D eigenvalue weighted by molar-refractivity contribution is 0.0444. The summed E-state index contributed by atoms with van der Waals surface area (Å²) >= 11 is 0. The number of ether oxygens (including phenoxy) is 1. The number of sulfonamides is 1. The van der Waals surface area contributed by atoms with Gasteiger partial charge in [-0.1, -0.05) is 0 Å². The highest BCUT2D eigenvalue weighted by atomic mass is 32.2.